The third-order valence-corrected chi connectivity index (χ3v) is 4.73. The van der Waals surface area contributed by atoms with Crippen LogP contribution < -0.4 is 0 Å². The quantitative estimate of drug-likeness (QED) is 0.827. The van der Waals surface area contributed by atoms with Gasteiger partial charge in [0, 0.05) is 19.5 Å². The Bertz CT molecular complexity index is 791. The molecule has 138 valence electrons. The lowest BCUT2D eigenvalue weighted by Gasteiger charge is -2.37. The van der Waals surface area contributed by atoms with Crippen LogP contribution in [0.4, 0.5) is 0 Å². The van der Waals surface area contributed by atoms with Crippen molar-refractivity contribution in [2.75, 3.05) is 20.6 Å². The van der Waals surface area contributed by atoms with Crippen molar-refractivity contribution in [2.45, 2.75) is 39.4 Å². The fourth-order valence-corrected chi connectivity index (χ4v) is 3.33. The first-order valence-corrected chi connectivity index (χ1v) is 9.00. The van der Waals surface area contributed by atoms with Crippen LogP contribution >= 0.6 is 0 Å². The maximum atomic E-state index is 12.8. The Balaban J connectivity index is 1.70. The third kappa shape index (κ3) is 4.19. The normalized spacial score (nSPS) is 17.1. The lowest BCUT2D eigenvalue weighted by Crippen LogP contribution is -2.50. The van der Waals surface area contributed by atoms with E-state index in [1.165, 1.54) is 5.56 Å². The number of likely N-dealkylation sites (N-methyl/N-ethyl adjacent to an activating group) is 1. The van der Waals surface area contributed by atoms with Gasteiger partial charge in [0.25, 0.3) is 0 Å². The molecule has 1 atom stereocenters. The smallest absolute Gasteiger partial charge is 0.227 e. The number of rotatable bonds is 5. The molecule has 0 aliphatic carbocycles. The molecule has 3 rings (SSSR count). The summed E-state index contributed by atoms with van der Waals surface area (Å²) in [6.45, 7) is 6.13. The molecule has 2 aromatic rings. The topological polar surface area (TPSA) is 54.3 Å². The van der Waals surface area contributed by atoms with Gasteiger partial charge in [-0.3, -0.25) is 4.79 Å². The van der Waals surface area contributed by atoms with Crippen LogP contribution in [0.2, 0.25) is 0 Å². The van der Waals surface area contributed by atoms with Crippen LogP contribution in [0.25, 0.3) is 6.08 Å². The summed E-state index contributed by atoms with van der Waals surface area (Å²) in [5.74, 6) is 1.91. The standard InChI is InChI=1S/C20H27N5O/c1-15-8-10-17(11-9-15)6-5-7-20(26)25-14-19-22-21-16(2)24(19)13-18(25)12-23(3)4/h5-6,8-11,18H,7,12-14H2,1-4H3/b6-5+. The van der Waals surface area contributed by atoms with Gasteiger partial charge in [-0.1, -0.05) is 42.0 Å². The minimum atomic E-state index is 0.132. The molecular formula is C20H27N5O. The molecule has 1 aromatic carbocycles. The second-order valence-electron chi connectivity index (χ2n) is 7.23. The van der Waals surface area contributed by atoms with Gasteiger partial charge >= 0.3 is 0 Å². The van der Waals surface area contributed by atoms with Crippen molar-refractivity contribution < 1.29 is 4.79 Å². The Hall–Kier alpha value is -2.47. The van der Waals surface area contributed by atoms with E-state index in [-0.39, 0.29) is 11.9 Å². The van der Waals surface area contributed by atoms with Crippen molar-refractivity contribution in [3.8, 4) is 0 Å². The summed E-state index contributed by atoms with van der Waals surface area (Å²) in [5, 5.41) is 8.39. The van der Waals surface area contributed by atoms with Crippen LogP contribution in [0, 0.1) is 13.8 Å². The molecule has 26 heavy (non-hydrogen) atoms. The van der Waals surface area contributed by atoms with Crippen molar-refractivity contribution in [1.82, 2.24) is 24.6 Å². The number of aryl methyl sites for hydroxylation is 2. The SMILES string of the molecule is Cc1ccc(/C=C/CC(=O)N2Cc3nnc(C)n3CC2CN(C)C)cc1. The first kappa shape index (κ1) is 18.3. The predicted octanol–water partition coefficient (Wildman–Crippen LogP) is 2.27. The van der Waals surface area contributed by atoms with Crippen LogP contribution in [-0.2, 0) is 17.9 Å². The Labute approximate surface area is 155 Å². The highest BCUT2D eigenvalue weighted by molar-refractivity contribution is 5.79. The summed E-state index contributed by atoms with van der Waals surface area (Å²) >= 11 is 0. The summed E-state index contributed by atoms with van der Waals surface area (Å²) < 4.78 is 2.13. The maximum Gasteiger partial charge on any atom is 0.227 e. The molecule has 0 saturated carbocycles. The zero-order chi connectivity index (χ0) is 18.7. The highest BCUT2D eigenvalue weighted by Gasteiger charge is 2.31. The van der Waals surface area contributed by atoms with Gasteiger partial charge in [-0.2, -0.15) is 0 Å². The van der Waals surface area contributed by atoms with Crippen LogP contribution in [0.1, 0.15) is 29.2 Å². The van der Waals surface area contributed by atoms with Crippen LogP contribution in [0.3, 0.4) is 0 Å². The molecule has 2 heterocycles. The number of carbonyl (C=O) groups excluding carboxylic acids is 1. The molecule has 1 aliphatic heterocycles. The molecule has 1 aromatic heterocycles. The average Bonchev–Trinajstić information content (AvgIpc) is 2.96. The summed E-state index contributed by atoms with van der Waals surface area (Å²) in [5.41, 5.74) is 2.35. The van der Waals surface area contributed by atoms with Gasteiger partial charge in [0.2, 0.25) is 5.91 Å². The van der Waals surface area contributed by atoms with E-state index in [0.717, 1.165) is 30.3 Å². The van der Waals surface area contributed by atoms with E-state index in [1.54, 1.807) is 0 Å². The molecule has 0 saturated heterocycles. The third-order valence-electron chi connectivity index (χ3n) is 4.73. The first-order chi connectivity index (χ1) is 12.4. The van der Waals surface area contributed by atoms with Crippen molar-refractivity contribution >= 4 is 12.0 Å². The number of carbonyl (C=O) groups is 1. The molecule has 6 heteroatoms. The number of hydrogen-bond acceptors (Lipinski definition) is 4. The van der Waals surface area contributed by atoms with E-state index in [0.29, 0.717) is 13.0 Å². The molecule has 0 bridgehead atoms. The second-order valence-corrected chi connectivity index (χ2v) is 7.23. The highest BCUT2D eigenvalue weighted by atomic mass is 16.2. The Morgan fingerprint density at radius 3 is 2.65 bits per heavy atom. The second kappa shape index (κ2) is 7.83. The molecule has 0 spiro atoms. The van der Waals surface area contributed by atoms with Gasteiger partial charge in [-0.25, -0.2) is 0 Å². The Morgan fingerprint density at radius 1 is 1.23 bits per heavy atom. The number of benzene rings is 1. The van der Waals surface area contributed by atoms with Crippen molar-refractivity contribution in [3.05, 3.63) is 53.1 Å². The van der Waals surface area contributed by atoms with E-state index >= 15 is 0 Å². The number of amides is 1. The molecule has 0 fully saturated rings. The largest absolute Gasteiger partial charge is 0.329 e. The fourth-order valence-electron chi connectivity index (χ4n) is 3.33. The van der Waals surface area contributed by atoms with Gasteiger partial charge in [0.1, 0.15) is 5.82 Å². The predicted molar refractivity (Wildman–Crippen MR) is 102 cm³/mol. The van der Waals surface area contributed by atoms with Gasteiger partial charge in [-0.05, 0) is 33.5 Å². The highest BCUT2D eigenvalue weighted by Crippen LogP contribution is 2.19. The number of fused-ring (bicyclic) bond motifs is 1. The Kier molecular flexibility index (Phi) is 5.52. The van der Waals surface area contributed by atoms with E-state index < -0.39 is 0 Å². The first-order valence-electron chi connectivity index (χ1n) is 9.00. The van der Waals surface area contributed by atoms with Crippen LogP contribution in [0.5, 0.6) is 0 Å². The zero-order valence-electron chi connectivity index (χ0n) is 16.0. The molecule has 1 aliphatic rings. The summed E-state index contributed by atoms with van der Waals surface area (Å²) in [4.78, 5) is 16.9. The van der Waals surface area contributed by atoms with E-state index in [4.69, 9.17) is 0 Å². The Morgan fingerprint density at radius 2 is 1.96 bits per heavy atom. The average molecular weight is 353 g/mol. The zero-order valence-corrected chi connectivity index (χ0v) is 16.0. The monoisotopic (exact) mass is 353 g/mol. The maximum absolute atomic E-state index is 12.8. The minimum absolute atomic E-state index is 0.132. The molecule has 1 unspecified atom stereocenters. The summed E-state index contributed by atoms with van der Waals surface area (Å²) in [7, 11) is 4.07. The number of hydrogen-bond donors (Lipinski definition) is 0. The van der Waals surface area contributed by atoms with Gasteiger partial charge in [-0.15, -0.1) is 10.2 Å². The molecular weight excluding hydrogens is 326 g/mol. The molecule has 1 amide bonds. The lowest BCUT2D eigenvalue weighted by atomic mass is 10.1. The minimum Gasteiger partial charge on any atom is -0.329 e. The molecule has 0 N–H and O–H groups in total. The lowest BCUT2D eigenvalue weighted by molar-refractivity contribution is -0.135. The molecule has 0 radical (unpaired) electrons. The van der Waals surface area contributed by atoms with Crippen molar-refractivity contribution in [3.63, 3.8) is 0 Å². The van der Waals surface area contributed by atoms with Crippen molar-refractivity contribution in [2.24, 2.45) is 0 Å². The van der Waals surface area contributed by atoms with E-state index in [9.17, 15) is 4.79 Å². The fraction of sp³-hybridized carbons (Fsp3) is 0.450. The van der Waals surface area contributed by atoms with E-state index in [2.05, 4.69) is 50.9 Å². The van der Waals surface area contributed by atoms with E-state index in [1.807, 2.05) is 38.1 Å². The van der Waals surface area contributed by atoms with Crippen LogP contribution in [-0.4, -0.2) is 57.2 Å². The number of aromatic nitrogens is 3. The van der Waals surface area contributed by atoms with Crippen molar-refractivity contribution in [1.29, 1.82) is 0 Å². The van der Waals surface area contributed by atoms with Gasteiger partial charge in [0.05, 0.1) is 12.6 Å². The summed E-state index contributed by atoms with van der Waals surface area (Å²) in [6.07, 6.45) is 4.35. The van der Waals surface area contributed by atoms with Gasteiger partial charge in [0.15, 0.2) is 5.82 Å². The number of nitrogens with zero attached hydrogens (tertiary/aromatic N) is 5. The summed E-state index contributed by atoms with van der Waals surface area (Å²) in [6, 6.07) is 8.42. The van der Waals surface area contributed by atoms with Gasteiger partial charge < -0.3 is 14.4 Å². The molecule has 6 nitrogen and oxygen atoms in total. The van der Waals surface area contributed by atoms with Crippen LogP contribution in [0.15, 0.2) is 30.3 Å².